The van der Waals surface area contributed by atoms with Gasteiger partial charge in [0.1, 0.15) is 15.6 Å². The number of para-hydroxylation sites is 1. The van der Waals surface area contributed by atoms with E-state index < -0.39 is 5.97 Å². The van der Waals surface area contributed by atoms with Crippen molar-refractivity contribution >= 4 is 17.3 Å². The minimum absolute atomic E-state index is 0.192. The number of hydrogen-bond donors (Lipinski definition) is 1. The lowest BCUT2D eigenvalue weighted by Gasteiger charge is -2.06. The maximum Gasteiger partial charge on any atom is 0.347 e. The fourth-order valence-electron chi connectivity index (χ4n) is 2.23. The van der Waals surface area contributed by atoms with Crippen LogP contribution in [0.5, 0.6) is 5.75 Å². The molecule has 1 aliphatic heterocycles. The highest BCUT2D eigenvalue weighted by atomic mass is 32.1. The first-order valence-electron chi connectivity index (χ1n) is 6.15. The number of carboxylic acid groups (broad SMARTS) is 1. The van der Waals surface area contributed by atoms with Gasteiger partial charge in [-0.2, -0.15) is 0 Å². The van der Waals surface area contributed by atoms with Gasteiger partial charge in [0.05, 0.1) is 12.3 Å². The fourth-order valence-corrected chi connectivity index (χ4v) is 3.17. The lowest BCUT2D eigenvalue weighted by atomic mass is 10.1. The largest absolute Gasteiger partial charge is 0.483 e. The second-order valence-electron chi connectivity index (χ2n) is 4.48. The third-order valence-electron chi connectivity index (χ3n) is 3.11. The number of methoxy groups -OCH3 is 1. The second-order valence-corrected chi connectivity index (χ2v) is 5.52. The Balaban J connectivity index is 1.89. The summed E-state index contributed by atoms with van der Waals surface area (Å²) in [5, 5.41) is 9.88. The molecule has 0 amide bonds. The maximum atomic E-state index is 11.2. The molecule has 0 spiro atoms. The van der Waals surface area contributed by atoms with E-state index in [0.717, 1.165) is 29.1 Å². The van der Waals surface area contributed by atoms with Crippen LogP contribution in [0.25, 0.3) is 0 Å². The summed E-state index contributed by atoms with van der Waals surface area (Å²) < 4.78 is 10.8. The Morgan fingerprint density at radius 1 is 1.55 bits per heavy atom. The quantitative estimate of drug-likeness (QED) is 0.938. The minimum Gasteiger partial charge on any atom is -0.483 e. The van der Waals surface area contributed by atoms with Gasteiger partial charge in [-0.25, -0.2) is 9.78 Å². The second kappa shape index (κ2) is 5.22. The number of hydrogen-bond acceptors (Lipinski definition) is 5. The van der Waals surface area contributed by atoms with Gasteiger partial charge >= 0.3 is 5.97 Å². The normalized spacial score (nSPS) is 16.8. The number of nitrogens with zero attached hydrogens (tertiary/aromatic N) is 1. The molecule has 20 heavy (non-hydrogen) atoms. The monoisotopic (exact) mass is 291 g/mol. The summed E-state index contributed by atoms with van der Waals surface area (Å²) in [6, 6.07) is 7.81. The smallest absolute Gasteiger partial charge is 0.347 e. The molecule has 1 aromatic carbocycles. The zero-order valence-corrected chi connectivity index (χ0v) is 11.6. The van der Waals surface area contributed by atoms with E-state index in [1.54, 1.807) is 0 Å². The van der Waals surface area contributed by atoms with Crippen LogP contribution in [0.1, 0.15) is 32.0 Å². The third kappa shape index (κ3) is 2.28. The molecule has 104 valence electrons. The Morgan fingerprint density at radius 2 is 2.35 bits per heavy atom. The van der Waals surface area contributed by atoms with Crippen LogP contribution >= 0.6 is 11.3 Å². The first kappa shape index (κ1) is 13.1. The topological polar surface area (TPSA) is 68.7 Å². The molecular formula is C14H13NO4S. The van der Waals surface area contributed by atoms with Crippen molar-refractivity contribution in [3.8, 4) is 5.75 Å². The van der Waals surface area contributed by atoms with E-state index in [0.29, 0.717) is 10.7 Å². The molecule has 0 bridgehead atoms. The lowest BCUT2D eigenvalue weighted by molar-refractivity contribution is 0.0697. The maximum absolute atomic E-state index is 11.2. The lowest BCUT2D eigenvalue weighted by Crippen LogP contribution is -2.03. The molecule has 0 aliphatic carbocycles. The van der Waals surface area contributed by atoms with Crippen molar-refractivity contribution in [2.24, 2.45) is 0 Å². The first-order chi connectivity index (χ1) is 9.69. The molecule has 2 heterocycles. The van der Waals surface area contributed by atoms with Gasteiger partial charge in [0.25, 0.3) is 0 Å². The summed E-state index contributed by atoms with van der Waals surface area (Å²) >= 11 is 1.16. The molecule has 1 atom stereocenters. The van der Waals surface area contributed by atoms with Crippen molar-refractivity contribution in [1.82, 2.24) is 4.98 Å². The summed E-state index contributed by atoms with van der Waals surface area (Å²) in [6.45, 7) is 0.192. The van der Waals surface area contributed by atoms with Gasteiger partial charge in [0, 0.05) is 13.5 Å². The van der Waals surface area contributed by atoms with E-state index in [4.69, 9.17) is 9.47 Å². The number of aromatic nitrogens is 1. The Kier molecular flexibility index (Phi) is 3.42. The Labute approximate surface area is 119 Å². The number of fused-ring (bicyclic) bond motifs is 1. The average molecular weight is 291 g/mol. The van der Waals surface area contributed by atoms with E-state index in [2.05, 4.69) is 4.98 Å². The van der Waals surface area contributed by atoms with E-state index in [1.807, 2.05) is 24.3 Å². The number of ether oxygens (including phenoxy) is 2. The predicted molar refractivity (Wildman–Crippen MR) is 73.3 cm³/mol. The summed E-state index contributed by atoms with van der Waals surface area (Å²) in [5.74, 6) is -0.130. The molecule has 0 fully saturated rings. The van der Waals surface area contributed by atoms with Crippen molar-refractivity contribution in [3.05, 3.63) is 45.4 Å². The molecule has 1 aliphatic rings. The highest BCUT2D eigenvalue weighted by molar-refractivity contribution is 7.13. The van der Waals surface area contributed by atoms with Gasteiger partial charge in [-0.1, -0.05) is 18.2 Å². The predicted octanol–water partition coefficient (Wildman–Crippen LogP) is 2.66. The van der Waals surface area contributed by atoms with E-state index in [-0.39, 0.29) is 17.6 Å². The molecule has 0 saturated carbocycles. The van der Waals surface area contributed by atoms with Crippen molar-refractivity contribution in [1.29, 1.82) is 0 Å². The summed E-state index contributed by atoms with van der Waals surface area (Å²) in [5.41, 5.74) is 1.58. The number of thiazole rings is 1. The van der Waals surface area contributed by atoms with E-state index >= 15 is 0 Å². The van der Waals surface area contributed by atoms with Crippen molar-refractivity contribution < 1.29 is 19.4 Å². The number of carbonyl (C=O) groups is 1. The van der Waals surface area contributed by atoms with Crippen LogP contribution in [0.4, 0.5) is 0 Å². The van der Waals surface area contributed by atoms with Gasteiger partial charge in [0.15, 0.2) is 6.10 Å². The Bertz CT molecular complexity index is 627. The third-order valence-corrected chi connectivity index (χ3v) is 4.29. The average Bonchev–Trinajstić information content (AvgIpc) is 3.02. The van der Waals surface area contributed by atoms with Crippen LogP contribution in [0.15, 0.2) is 24.3 Å². The van der Waals surface area contributed by atoms with Crippen LogP contribution < -0.4 is 4.74 Å². The van der Waals surface area contributed by atoms with E-state index in [9.17, 15) is 9.90 Å². The number of carboxylic acids is 1. The molecular weight excluding hydrogens is 278 g/mol. The molecule has 1 N–H and O–H groups in total. The van der Waals surface area contributed by atoms with Crippen molar-refractivity contribution in [2.45, 2.75) is 19.1 Å². The zero-order valence-electron chi connectivity index (χ0n) is 10.8. The van der Waals surface area contributed by atoms with Gasteiger partial charge in [-0.15, -0.1) is 11.3 Å². The summed E-state index contributed by atoms with van der Waals surface area (Å²) in [4.78, 5) is 15.8. The van der Waals surface area contributed by atoms with Crippen LogP contribution in [0.3, 0.4) is 0 Å². The van der Waals surface area contributed by atoms with Gasteiger partial charge in [-0.3, -0.25) is 0 Å². The molecule has 3 rings (SSSR count). The minimum atomic E-state index is -0.976. The standard InChI is InChI=1S/C14H13NO4S/c1-18-7-9-12(14(16)17)20-13(15-9)11-6-8-4-2-3-5-10(8)19-11/h2-5,11H,6-7H2,1H3,(H,16,17). The number of rotatable bonds is 4. The number of benzene rings is 1. The molecule has 0 saturated heterocycles. The van der Waals surface area contributed by atoms with Crippen LogP contribution in [0.2, 0.25) is 0 Å². The summed E-state index contributed by atoms with van der Waals surface area (Å²) in [7, 11) is 1.52. The van der Waals surface area contributed by atoms with Crippen molar-refractivity contribution in [2.75, 3.05) is 7.11 Å². The molecule has 1 aromatic heterocycles. The first-order valence-corrected chi connectivity index (χ1v) is 6.97. The van der Waals surface area contributed by atoms with Gasteiger partial charge < -0.3 is 14.6 Å². The highest BCUT2D eigenvalue weighted by Gasteiger charge is 2.29. The van der Waals surface area contributed by atoms with E-state index in [1.165, 1.54) is 7.11 Å². The van der Waals surface area contributed by atoms with Gasteiger partial charge in [-0.05, 0) is 11.6 Å². The van der Waals surface area contributed by atoms with Crippen LogP contribution in [0, 0.1) is 0 Å². The number of aromatic carboxylic acids is 1. The molecule has 2 aromatic rings. The summed E-state index contributed by atoms with van der Waals surface area (Å²) in [6.07, 6.45) is 0.510. The Hall–Kier alpha value is -1.92. The molecule has 0 radical (unpaired) electrons. The zero-order chi connectivity index (χ0) is 14.1. The molecule has 5 nitrogen and oxygen atoms in total. The highest BCUT2D eigenvalue weighted by Crippen LogP contribution is 2.38. The van der Waals surface area contributed by atoms with Crippen molar-refractivity contribution in [3.63, 3.8) is 0 Å². The Morgan fingerprint density at radius 3 is 3.05 bits per heavy atom. The molecule has 6 heteroatoms. The fraction of sp³-hybridized carbons (Fsp3) is 0.286. The van der Waals surface area contributed by atoms with Crippen LogP contribution in [-0.2, 0) is 17.8 Å². The van der Waals surface area contributed by atoms with Crippen LogP contribution in [-0.4, -0.2) is 23.2 Å². The SMILES string of the molecule is COCc1nc(C2Cc3ccccc3O2)sc1C(=O)O. The molecule has 1 unspecified atom stereocenters. The van der Waals surface area contributed by atoms with Gasteiger partial charge in [0.2, 0.25) is 0 Å².